The molecule has 32 heavy (non-hydrogen) atoms. The maximum atomic E-state index is 12.9. The number of nitrogens with two attached hydrogens (primary N) is 2. The second kappa shape index (κ2) is 7.94. The lowest BCUT2D eigenvalue weighted by molar-refractivity contribution is 0.573. The van der Waals surface area contributed by atoms with E-state index in [0.717, 1.165) is 0 Å². The van der Waals surface area contributed by atoms with Crippen molar-refractivity contribution < 1.29 is 16.8 Å². The van der Waals surface area contributed by atoms with Crippen LogP contribution in [-0.4, -0.2) is 54.0 Å². The van der Waals surface area contributed by atoms with Gasteiger partial charge in [0, 0.05) is 12.1 Å². The Labute approximate surface area is 182 Å². The van der Waals surface area contributed by atoms with Gasteiger partial charge in [-0.2, -0.15) is 5.21 Å². The molecule has 0 unspecified atom stereocenters. The van der Waals surface area contributed by atoms with Gasteiger partial charge in [0.2, 0.25) is 25.9 Å². The topological polar surface area (TPSA) is 215 Å². The number of nitrogen functional groups attached to an aromatic ring is 1. The van der Waals surface area contributed by atoms with E-state index in [4.69, 9.17) is 10.9 Å². The van der Waals surface area contributed by atoms with Gasteiger partial charge in [0.25, 0.3) is 0 Å². The predicted octanol–water partition coefficient (Wildman–Crippen LogP) is 0.328. The number of sulfonamides is 2. The molecule has 0 fully saturated rings. The molecule has 0 saturated heterocycles. The van der Waals surface area contributed by atoms with Gasteiger partial charge in [-0.25, -0.2) is 31.7 Å². The lowest BCUT2D eigenvalue weighted by Crippen LogP contribution is -2.28. The van der Waals surface area contributed by atoms with Crippen LogP contribution in [0.1, 0.15) is 13.3 Å². The van der Waals surface area contributed by atoms with E-state index < -0.39 is 29.8 Å². The number of hydrogen-bond acceptors (Lipinski definition) is 9. The Morgan fingerprint density at radius 3 is 2.53 bits per heavy atom. The highest BCUT2D eigenvalue weighted by molar-refractivity contribution is 7.92. The maximum Gasteiger partial charge on any atom is 0.241 e. The molecule has 0 radical (unpaired) electrons. The first kappa shape index (κ1) is 21.8. The van der Waals surface area contributed by atoms with Crippen molar-refractivity contribution >= 4 is 37.0 Å². The molecule has 168 valence electrons. The molecular formula is C17H19N9O4S2. The fourth-order valence-corrected chi connectivity index (χ4v) is 6.09. The zero-order valence-electron chi connectivity index (χ0n) is 16.7. The molecule has 13 nitrogen and oxygen atoms in total. The van der Waals surface area contributed by atoms with Gasteiger partial charge < -0.3 is 10.7 Å². The van der Waals surface area contributed by atoms with E-state index in [2.05, 4.69) is 35.3 Å². The Bertz CT molecular complexity index is 1510. The third-order valence-electron chi connectivity index (χ3n) is 4.63. The largest absolute Gasteiger partial charge is 0.369 e. The number of aromatic nitrogens is 6. The molecule has 2 aromatic carbocycles. The maximum absolute atomic E-state index is 12.9. The van der Waals surface area contributed by atoms with Gasteiger partial charge in [-0.3, -0.25) is 0 Å². The van der Waals surface area contributed by atoms with Crippen LogP contribution in [0.5, 0.6) is 0 Å². The summed E-state index contributed by atoms with van der Waals surface area (Å²) in [6.45, 7) is 1.88. The minimum Gasteiger partial charge on any atom is -0.369 e. The Morgan fingerprint density at radius 2 is 1.88 bits per heavy atom. The molecule has 2 heterocycles. The number of aromatic amines is 2. The molecular weight excluding hydrogens is 458 g/mol. The van der Waals surface area contributed by atoms with Gasteiger partial charge in [-0.15, -0.1) is 10.2 Å². The summed E-state index contributed by atoms with van der Waals surface area (Å²) < 4.78 is 53.6. The smallest absolute Gasteiger partial charge is 0.241 e. The fourth-order valence-electron chi connectivity index (χ4n) is 3.35. The van der Waals surface area contributed by atoms with Crippen LogP contribution in [0.3, 0.4) is 0 Å². The van der Waals surface area contributed by atoms with Crippen LogP contribution in [0.25, 0.3) is 33.5 Å². The number of primary sulfonamides is 1. The first-order chi connectivity index (χ1) is 15.1. The average molecular weight is 478 g/mol. The highest BCUT2D eigenvalue weighted by Crippen LogP contribution is 2.40. The molecule has 2 aromatic heterocycles. The lowest BCUT2D eigenvalue weighted by atomic mass is 9.98. The van der Waals surface area contributed by atoms with Gasteiger partial charge in [-0.1, -0.05) is 25.1 Å². The first-order valence-electron chi connectivity index (χ1n) is 9.31. The van der Waals surface area contributed by atoms with Crippen molar-refractivity contribution in [1.29, 1.82) is 0 Å². The summed E-state index contributed by atoms with van der Waals surface area (Å²) in [6.07, 6.45) is 0.502. The Kier molecular flexibility index (Phi) is 5.41. The zero-order valence-corrected chi connectivity index (χ0v) is 18.3. The van der Waals surface area contributed by atoms with Crippen molar-refractivity contribution in [2.24, 2.45) is 5.14 Å². The van der Waals surface area contributed by atoms with E-state index in [-0.39, 0.29) is 29.4 Å². The molecule has 0 bridgehead atoms. The van der Waals surface area contributed by atoms with Crippen LogP contribution >= 0.6 is 0 Å². The van der Waals surface area contributed by atoms with Gasteiger partial charge in [-0.05, 0) is 29.3 Å². The highest BCUT2D eigenvalue weighted by Gasteiger charge is 2.32. The minimum atomic E-state index is -4.57. The van der Waals surface area contributed by atoms with E-state index in [1.54, 1.807) is 25.1 Å². The molecule has 0 atom stereocenters. The lowest BCUT2D eigenvalue weighted by Gasteiger charge is -2.16. The number of imidazole rings is 1. The summed E-state index contributed by atoms with van der Waals surface area (Å²) >= 11 is 0. The van der Waals surface area contributed by atoms with Crippen molar-refractivity contribution in [3.8, 4) is 22.5 Å². The molecule has 0 amide bonds. The summed E-state index contributed by atoms with van der Waals surface area (Å²) in [5.74, 6) is 0.000252. The van der Waals surface area contributed by atoms with E-state index >= 15 is 0 Å². The molecule has 0 aliphatic rings. The SMILES string of the molecule is CCCNS(=O)(=O)c1ccc(-c2cccc3[nH]c(N)nc23)c(-c2nn[nH]n2)c1S(N)(=O)=O. The number of para-hydroxylation sites is 1. The number of benzene rings is 2. The Hall–Kier alpha value is -3.40. The van der Waals surface area contributed by atoms with Gasteiger partial charge in [0.15, 0.2) is 5.95 Å². The standard InChI is InChI=1S/C17H19N9O4S2/c1-2-8-20-32(29,30)12-7-6-9(10-4-3-5-11-14(10)22-17(18)21-11)13(15(12)31(19,27)28)16-23-25-26-24-16/h3-7,20H,2,8H2,1H3,(H3,18,21,22)(H2,19,27,28)(H,23,24,25,26). The zero-order chi connectivity index (χ0) is 23.1. The molecule has 0 spiro atoms. The molecule has 7 N–H and O–H groups in total. The van der Waals surface area contributed by atoms with E-state index in [1.165, 1.54) is 12.1 Å². The number of rotatable bonds is 7. The summed E-state index contributed by atoms with van der Waals surface area (Å²) in [5, 5.41) is 19.0. The number of fused-ring (bicyclic) bond motifs is 1. The van der Waals surface area contributed by atoms with Crippen LogP contribution in [-0.2, 0) is 20.0 Å². The fraction of sp³-hybridized carbons (Fsp3) is 0.176. The third kappa shape index (κ3) is 3.81. The summed E-state index contributed by atoms with van der Waals surface area (Å²) in [6, 6.07) is 7.74. The normalized spacial score (nSPS) is 12.4. The second-order valence-corrected chi connectivity index (χ2v) is 10.1. The molecule has 4 rings (SSSR count). The molecule has 15 heteroatoms. The van der Waals surface area contributed by atoms with Crippen molar-refractivity contribution in [2.75, 3.05) is 12.3 Å². The van der Waals surface area contributed by atoms with Gasteiger partial charge in [0.05, 0.1) is 16.6 Å². The molecule has 0 aliphatic carbocycles. The predicted molar refractivity (Wildman–Crippen MR) is 116 cm³/mol. The number of nitrogens with one attached hydrogen (secondary N) is 3. The first-order valence-corrected chi connectivity index (χ1v) is 12.3. The van der Waals surface area contributed by atoms with Gasteiger partial charge in [0.1, 0.15) is 9.79 Å². The number of tetrazole rings is 1. The summed E-state index contributed by atoms with van der Waals surface area (Å²) in [5.41, 5.74) is 7.44. The Morgan fingerprint density at radius 1 is 1.09 bits per heavy atom. The molecule has 4 aromatic rings. The number of hydrogen-bond donors (Lipinski definition) is 5. The number of anilines is 1. The van der Waals surface area contributed by atoms with E-state index in [0.29, 0.717) is 23.0 Å². The number of nitrogens with zero attached hydrogens (tertiary/aromatic N) is 4. The Balaban J connectivity index is 2.14. The van der Waals surface area contributed by atoms with Crippen molar-refractivity contribution in [3.63, 3.8) is 0 Å². The van der Waals surface area contributed by atoms with Crippen LogP contribution < -0.4 is 15.6 Å². The van der Waals surface area contributed by atoms with Crippen LogP contribution in [0.4, 0.5) is 5.95 Å². The van der Waals surface area contributed by atoms with Crippen molar-refractivity contribution in [2.45, 2.75) is 23.1 Å². The number of H-pyrrole nitrogens is 2. The second-order valence-electron chi connectivity index (χ2n) is 6.82. The molecule has 0 aliphatic heterocycles. The quantitative estimate of drug-likeness (QED) is 0.247. The van der Waals surface area contributed by atoms with E-state index in [9.17, 15) is 16.8 Å². The van der Waals surface area contributed by atoms with Crippen LogP contribution in [0.15, 0.2) is 40.1 Å². The van der Waals surface area contributed by atoms with Crippen LogP contribution in [0, 0.1) is 0 Å². The third-order valence-corrected chi connectivity index (χ3v) is 7.25. The average Bonchev–Trinajstić information content (AvgIpc) is 3.39. The van der Waals surface area contributed by atoms with Crippen molar-refractivity contribution in [3.05, 3.63) is 30.3 Å². The van der Waals surface area contributed by atoms with E-state index in [1.807, 2.05) is 0 Å². The van der Waals surface area contributed by atoms with Gasteiger partial charge >= 0.3 is 0 Å². The highest BCUT2D eigenvalue weighted by atomic mass is 32.2. The molecule has 0 saturated carbocycles. The minimum absolute atomic E-state index is 0.109. The van der Waals surface area contributed by atoms with Crippen molar-refractivity contribution in [1.82, 2.24) is 35.3 Å². The van der Waals surface area contributed by atoms with Crippen LogP contribution in [0.2, 0.25) is 0 Å². The summed E-state index contributed by atoms with van der Waals surface area (Å²) in [4.78, 5) is 5.98. The monoisotopic (exact) mass is 477 g/mol. The summed E-state index contributed by atoms with van der Waals surface area (Å²) in [7, 11) is -8.79.